The summed E-state index contributed by atoms with van der Waals surface area (Å²) in [6, 6.07) is 0. The Hall–Kier alpha value is -0.600. The van der Waals surface area contributed by atoms with Gasteiger partial charge >= 0.3 is 0 Å². The molecule has 0 amide bonds. The molecule has 430 valence electrons. The van der Waals surface area contributed by atoms with Gasteiger partial charge in [0.25, 0.3) is 0 Å². The van der Waals surface area contributed by atoms with Gasteiger partial charge in [0, 0.05) is 6.61 Å². The van der Waals surface area contributed by atoms with Crippen LogP contribution in [0.1, 0.15) is 372 Å². The molecule has 0 heterocycles. The zero-order chi connectivity index (χ0) is 53.2. The van der Waals surface area contributed by atoms with Crippen LogP contribution in [-0.4, -0.2) is 23.4 Å². The molecule has 72 heavy (non-hydrogen) atoms. The highest BCUT2D eigenvalue weighted by molar-refractivity contribution is 4.99. The van der Waals surface area contributed by atoms with Gasteiger partial charge < -0.3 is 9.84 Å². The molecule has 1 N–H and O–H groups in total. The van der Waals surface area contributed by atoms with E-state index in [1.54, 1.807) is 0 Å². The van der Waals surface area contributed by atoms with E-state index in [2.05, 4.69) is 94.4 Å². The molecule has 6 atom stereocenters. The molecule has 0 rings (SSSR count). The van der Waals surface area contributed by atoms with Crippen LogP contribution in [0.5, 0.6) is 0 Å². The van der Waals surface area contributed by atoms with Gasteiger partial charge in [-0.25, -0.2) is 0 Å². The predicted molar refractivity (Wildman–Crippen MR) is 328 cm³/mol. The molecule has 0 aliphatic carbocycles. The monoisotopic (exact) mass is 1010 g/mol. The van der Waals surface area contributed by atoms with Gasteiger partial charge in [0.2, 0.25) is 0 Å². The maximum Gasteiger partial charge on any atom is 0.0880 e. The average molecular weight is 1010 g/mol. The van der Waals surface area contributed by atoms with Crippen molar-refractivity contribution in [1.82, 2.24) is 0 Å². The molecule has 2 heteroatoms. The SMILES string of the molecule is CCCCCCCC/C=C\CCCCCCCCCCCCCCCCCCCCO[C@H](CC/C=C(\C)CCC[C@H](C)CCC[C@H](C)CCCC(C)C)[C@@](C)(O)CCC[C@H](C)CCC[C@H](C)CCCC(C)C. The van der Waals surface area contributed by atoms with Crippen molar-refractivity contribution >= 4 is 0 Å². The summed E-state index contributed by atoms with van der Waals surface area (Å²) in [7, 11) is 0. The number of allylic oxidation sites excluding steroid dienone is 4. The fourth-order valence-corrected chi connectivity index (χ4v) is 11.5. The minimum absolute atomic E-state index is 0.0803. The number of hydrogen-bond donors (Lipinski definition) is 1. The highest BCUT2D eigenvalue weighted by Gasteiger charge is 2.32. The zero-order valence-corrected chi connectivity index (χ0v) is 51.9. The Balaban J connectivity index is 4.41. The van der Waals surface area contributed by atoms with E-state index >= 15 is 0 Å². The van der Waals surface area contributed by atoms with Gasteiger partial charge in [-0.1, -0.05) is 317 Å². The molecule has 0 unspecified atom stereocenters. The van der Waals surface area contributed by atoms with Crippen LogP contribution in [0, 0.1) is 35.5 Å². The normalized spacial score (nSPS) is 15.5. The number of unbranched alkanes of at least 4 members (excludes halogenated alkanes) is 24. The molecule has 0 bridgehead atoms. The van der Waals surface area contributed by atoms with E-state index in [1.807, 2.05) is 0 Å². The van der Waals surface area contributed by atoms with Gasteiger partial charge in [0.15, 0.2) is 0 Å². The second-order valence-corrected chi connectivity index (χ2v) is 26.2. The molecule has 0 aliphatic rings. The predicted octanol–water partition coefficient (Wildman–Crippen LogP) is 24.4. The van der Waals surface area contributed by atoms with Gasteiger partial charge in [0.05, 0.1) is 11.7 Å². The molecule has 0 spiro atoms. The van der Waals surface area contributed by atoms with Crippen LogP contribution in [0.4, 0.5) is 0 Å². The van der Waals surface area contributed by atoms with Gasteiger partial charge in [-0.15, -0.1) is 0 Å². The van der Waals surface area contributed by atoms with Crippen molar-refractivity contribution in [3.8, 4) is 0 Å². The smallest absolute Gasteiger partial charge is 0.0880 e. The summed E-state index contributed by atoms with van der Waals surface area (Å²) in [5.41, 5.74) is 0.763. The van der Waals surface area contributed by atoms with E-state index < -0.39 is 5.60 Å². The Kier molecular flexibility index (Phi) is 52.0. The minimum atomic E-state index is -0.766. The van der Waals surface area contributed by atoms with Crippen molar-refractivity contribution in [3.63, 3.8) is 0 Å². The molecule has 2 nitrogen and oxygen atoms in total. The Morgan fingerprint density at radius 3 is 1.11 bits per heavy atom. The summed E-state index contributed by atoms with van der Waals surface area (Å²) in [4.78, 5) is 0. The topological polar surface area (TPSA) is 29.5 Å². The molecule has 0 radical (unpaired) electrons. The first kappa shape index (κ1) is 71.4. The van der Waals surface area contributed by atoms with E-state index in [4.69, 9.17) is 4.74 Å². The van der Waals surface area contributed by atoms with Crippen LogP contribution in [0.15, 0.2) is 23.8 Å². The second kappa shape index (κ2) is 52.5. The molecule has 0 aromatic rings. The van der Waals surface area contributed by atoms with E-state index in [0.29, 0.717) is 0 Å². The first-order valence-electron chi connectivity index (χ1n) is 33.4. The lowest BCUT2D eigenvalue weighted by molar-refractivity contribution is -0.107. The standard InChI is InChI=1S/C70H138O2/c1-12-13-14-15-16-17-18-19-20-21-22-23-24-25-26-27-28-29-30-31-32-33-34-35-36-37-38-39-61-72-69(70(11,71)60-46-58-68(10)56-44-52-65(7)50-41-48-63(4)5)59-45-57-67(9)55-43-54-66(8)53-42-51-64(6)49-40-47-62(2)3/h19-20,57,62-66,68-69,71H,12-18,21-56,58-61H2,1-11H3/b20-19-,67-57+/t64-,65-,66-,68-,69-,70+/m1/s1. The average Bonchev–Trinajstić information content (AvgIpc) is 3.32. The van der Waals surface area contributed by atoms with Crippen LogP contribution in [0.2, 0.25) is 0 Å². The van der Waals surface area contributed by atoms with Crippen LogP contribution in [-0.2, 0) is 4.74 Å². The quantitative estimate of drug-likeness (QED) is 0.0486. The maximum absolute atomic E-state index is 12.0. The largest absolute Gasteiger partial charge is 0.387 e. The van der Waals surface area contributed by atoms with Crippen LogP contribution in [0.25, 0.3) is 0 Å². The van der Waals surface area contributed by atoms with Gasteiger partial charge in [-0.05, 0) is 114 Å². The maximum atomic E-state index is 12.0. The summed E-state index contributed by atoms with van der Waals surface area (Å²) in [5, 5.41) is 12.0. The molecule has 0 saturated carbocycles. The molecule has 0 saturated heterocycles. The van der Waals surface area contributed by atoms with Gasteiger partial charge in [-0.2, -0.15) is 0 Å². The van der Waals surface area contributed by atoms with E-state index in [-0.39, 0.29) is 6.10 Å². The fourth-order valence-electron chi connectivity index (χ4n) is 11.5. The van der Waals surface area contributed by atoms with Crippen molar-refractivity contribution in [3.05, 3.63) is 23.8 Å². The third kappa shape index (κ3) is 51.5. The summed E-state index contributed by atoms with van der Waals surface area (Å²) in [6.45, 7) is 26.8. The lowest BCUT2D eigenvalue weighted by Gasteiger charge is -2.33. The Morgan fingerprint density at radius 1 is 0.389 bits per heavy atom. The number of aliphatic hydroxyl groups is 1. The number of rotatable bonds is 57. The highest BCUT2D eigenvalue weighted by atomic mass is 16.5. The first-order valence-corrected chi connectivity index (χ1v) is 33.4. The van der Waals surface area contributed by atoms with Crippen molar-refractivity contribution in [2.24, 2.45) is 35.5 Å². The lowest BCUT2D eigenvalue weighted by atomic mass is 9.86. The summed E-state index contributed by atoms with van der Waals surface area (Å²) < 4.78 is 6.66. The first-order chi connectivity index (χ1) is 34.8. The molecule has 0 aromatic heterocycles. The Bertz CT molecular complexity index is 1130. The van der Waals surface area contributed by atoms with E-state index in [9.17, 15) is 5.11 Å². The molecule has 0 aromatic carbocycles. The third-order valence-corrected chi connectivity index (χ3v) is 17.0. The summed E-state index contributed by atoms with van der Waals surface area (Å²) in [6.07, 6.45) is 69.1. The van der Waals surface area contributed by atoms with Gasteiger partial charge in [0.1, 0.15) is 0 Å². The van der Waals surface area contributed by atoms with E-state index in [0.717, 1.165) is 74.2 Å². The summed E-state index contributed by atoms with van der Waals surface area (Å²) >= 11 is 0. The third-order valence-electron chi connectivity index (χ3n) is 17.0. The molecular weight excluding hydrogens is 873 g/mol. The molecular formula is C70H138O2. The van der Waals surface area contributed by atoms with Crippen LogP contribution >= 0.6 is 0 Å². The van der Waals surface area contributed by atoms with Crippen molar-refractivity contribution in [2.75, 3.05) is 6.61 Å². The van der Waals surface area contributed by atoms with Crippen molar-refractivity contribution in [2.45, 2.75) is 383 Å². The number of ether oxygens (including phenoxy) is 1. The highest BCUT2D eigenvalue weighted by Crippen LogP contribution is 2.29. The van der Waals surface area contributed by atoms with Crippen LogP contribution < -0.4 is 0 Å². The lowest BCUT2D eigenvalue weighted by Crippen LogP contribution is -2.41. The van der Waals surface area contributed by atoms with Gasteiger partial charge in [-0.3, -0.25) is 0 Å². The van der Waals surface area contributed by atoms with E-state index in [1.165, 1.54) is 269 Å². The molecule has 0 fully saturated rings. The Labute approximate surface area is 456 Å². The zero-order valence-electron chi connectivity index (χ0n) is 51.9. The van der Waals surface area contributed by atoms with Crippen molar-refractivity contribution < 1.29 is 9.84 Å². The number of hydrogen-bond acceptors (Lipinski definition) is 2. The minimum Gasteiger partial charge on any atom is -0.387 e. The van der Waals surface area contributed by atoms with Crippen LogP contribution in [0.3, 0.4) is 0 Å². The summed E-state index contributed by atoms with van der Waals surface area (Å²) in [5.74, 6) is 4.99. The molecule has 0 aliphatic heterocycles. The Morgan fingerprint density at radius 2 is 0.722 bits per heavy atom. The fraction of sp³-hybridized carbons (Fsp3) is 0.943. The van der Waals surface area contributed by atoms with Crippen molar-refractivity contribution in [1.29, 1.82) is 0 Å². The second-order valence-electron chi connectivity index (χ2n) is 26.2.